The van der Waals surface area contributed by atoms with Gasteiger partial charge in [0.15, 0.2) is 6.54 Å². The van der Waals surface area contributed by atoms with Crippen LogP contribution >= 0.6 is 0 Å². The van der Waals surface area contributed by atoms with Crippen LogP contribution in [-0.2, 0) is 0 Å². The fourth-order valence-corrected chi connectivity index (χ4v) is 3.14. The van der Waals surface area contributed by atoms with E-state index in [2.05, 4.69) is 0 Å². The lowest BCUT2D eigenvalue weighted by Crippen LogP contribution is -3.18. The molecule has 1 heterocycles. The third-order valence-electron chi connectivity index (χ3n) is 3.91. The van der Waals surface area contributed by atoms with Crippen molar-refractivity contribution in [3.05, 3.63) is 32.4 Å². The molecule has 3 atom stereocenters. The van der Waals surface area contributed by atoms with Crippen molar-refractivity contribution in [3.63, 3.8) is 0 Å². The predicted molar refractivity (Wildman–Crippen MR) is 60.5 cm³/mol. The van der Waals surface area contributed by atoms with Gasteiger partial charge in [-0.25, -0.2) is 0 Å². The number of hydrogen-bond acceptors (Lipinski definition) is 5. The van der Waals surface area contributed by atoms with Gasteiger partial charge in [-0.2, -0.15) is 0 Å². The Balaban J connectivity index is 2.38. The van der Waals surface area contributed by atoms with Gasteiger partial charge >= 0.3 is 0 Å². The van der Waals surface area contributed by atoms with E-state index in [0.717, 1.165) is 4.90 Å². The molecular formula is C10H16N3O5+. The summed E-state index contributed by atoms with van der Waals surface area (Å²) < 4.78 is 0. The highest BCUT2D eigenvalue weighted by molar-refractivity contribution is 5.14. The SMILES string of the molecule is O=[N+]([O-])C12C=CCC([N+](=O)[O-])(C[NH+](CCO)C1)C2. The molecule has 100 valence electrons. The Morgan fingerprint density at radius 1 is 1.28 bits per heavy atom. The van der Waals surface area contributed by atoms with Gasteiger partial charge in [0.05, 0.1) is 6.61 Å². The number of fused-ring (bicyclic) bond motifs is 2. The highest BCUT2D eigenvalue weighted by Crippen LogP contribution is 2.35. The van der Waals surface area contributed by atoms with E-state index in [9.17, 15) is 20.2 Å². The van der Waals surface area contributed by atoms with Crippen LogP contribution in [0.3, 0.4) is 0 Å². The van der Waals surface area contributed by atoms with Gasteiger partial charge < -0.3 is 10.0 Å². The van der Waals surface area contributed by atoms with E-state index in [0.29, 0.717) is 6.54 Å². The molecule has 18 heavy (non-hydrogen) atoms. The Morgan fingerprint density at radius 2 is 2.00 bits per heavy atom. The van der Waals surface area contributed by atoms with Crippen LogP contribution in [0.1, 0.15) is 12.8 Å². The molecule has 0 aromatic carbocycles. The summed E-state index contributed by atoms with van der Waals surface area (Å²) in [6, 6.07) is 0. The summed E-state index contributed by atoms with van der Waals surface area (Å²) in [6.45, 7) is 0.618. The zero-order valence-electron chi connectivity index (χ0n) is 9.87. The Kier molecular flexibility index (Phi) is 3.07. The van der Waals surface area contributed by atoms with Gasteiger partial charge in [-0.15, -0.1) is 0 Å². The number of quaternary nitrogens is 1. The van der Waals surface area contributed by atoms with E-state index in [-0.39, 0.29) is 37.5 Å². The van der Waals surface area contributed by atoms with Crippen molar-refractivity contribution >= 4 is 0 Å². The van der Waals surface area contributed by atoms with E-state index >= 15 is 0 Å². The predicted octanol–water partition coefficient (Wildman–Crippen LogP) is -1.74. The minimum atomic E-state index is -1.35. The van der Waals surface area contributed by atoms with Gasteiger partial charge in [-0.05, 0) is 6.08 Å². The molecule has 2 aliphatic rings. The van der Waals surface area contributed by atoms with Crippen LogP contribution in [0.2, 0.25) is 0 Å². The average Bonchev–Trinajstić information content (AvgIpc) is 2.28. The molecular weight excluding hydrogens is 242 g/mol. The molecule has 0 aromatic heterocycles. The second-order valence-electron chi connectivity index (χ2n) is 5.20. The Morgan fingerprint density at radius 3 is 2.56 bits per heavy atom. The van der Waals surface area contributed by atoms with Gasteiger partial charge in [0.2, 0.25) is 0 Å². The summed E-state index contributed by atoms with van der Waals surface area (Å²) in [5.74, 6) is 0. The molecule has 2 N–H and O–H groups in total. The maximum atomic E-state index is 11.3. The first-order chi connectivity index (χ1) is 8.44. The largest absolute Gasteiger partial charge is 0.391 e. The molecule has 0 aromatic rings. The molecule has 1 aliphatic heterocycles. The summed E-state index contributed by atoms with van der Waals surface area (Å²) >= 11 is 0. The number of likely N-dealkylation sites (tertiary alicyclic amines) is 1. The molecule has 0 saturated carbocycles. The zero-order chi connectivity index (χ0) is 13.4. The van der Waals surface area contributed by atoms with Crippen molar-refractivity contribution in [1.29, 1.82) is 0 Å². The molecule has 2 rings (SSSR count). The molecule has 3 unspecified atom stereocenters. The lowest BCUT2D eigenvalue weighted by atomic mass is 9.72. The number of nitro groups is 2. The van der Waals surface area contributed by atoms with Crippen LogP contribution in [0, 0.1) is 20.2 Å². The number of nitrogens with zero attached hydrogens (tertiary/aromatic N) is 2. The van der Waals surface area contributed by atoms with E-state index < -0.39 is 16.0 Å². The minimum absolute atomic E-state index is 0.0502. The topological polar surface area (TPSA) is 111 Å². The van der Waals surface area contributed by atoms with E-state index in [4.69, 9.17) is 5.11 Å². The number of aliphatic hydroxyl groups excluding tert-OH is 1. The summed E-state index contributed by atoms with van der Waals surface area (Å²) in [4.78, 5) is 22.5. The zero-order valence-corrected chi connectivity index (χ0v) is 9.87. The van der Waals surface area contributed by atoms with Gasteiger partial charge in [0.25, 0.3) is 11.1 Å². The molecule has 0 spiro atoms. The summed E-state index contributed by atoms with van der Waals surface area (Å²) in [5.41, 5.74) is -2.61. The number of rotatable bonds is 4. The van der Waals surface area contributed by atoms with Gasteiger partial charge in [-0.1, -0.05) is 6.08 Å². The maximum absolute atomic E-state index is 11.3. The van der Waals surface area contributed by atoms with Crippen LogP contribution in [-0.4, -0.2) is 52.3 Å². The summed E-state index contributed by atoms with van der Waals surface area (Å²) in [6.07, 6.45) is 3.23. The van der Waals surface area contributed by atoms with Crippen molar-refractivity contribution in [2.75, 3.05) is 26.2 Å². The molecule has 0 amide bonds. The molecule has 1 fully saturated rings. The van der Waals surface area contributed by atoms with Crippen molar-refractivity contribution in [1.82, 2.24) is 0 Å². The van der Waals surface area contributed by atoms with E-state index in [1.165, 1.54) is 6.08 Å². The highest BCUT2D eigenvalue weighted by Gasteiger charge is 2.64. The smallest absolute Gasteiger partial charge is 0.294 e. The van der Waals surface area contributed by atoms with Crippen LogP contribution < -0.4 is 4.90 Å². The standard InChI is InChI=1S/C10H15N3O5/c14-5-4-11-7-9(12(15)16)2-1-3-10(6-9,8-11)13(17)18/h1-2,14H,3-8H2/p+1. The van der Waals surface area contributed by atoms with Crippen LogP contribution in [0.5, 0.6) is 0 Å². The number of hydrogen-bond donors (Lipinski definition) is 2. The first kappa shape index (κ1) is 12.9. The molecule has 8 nitrogen and oxygen atoms in total. The number of piperidine rings is 1. The molecule has 0 radical (unpaired) electrons. The molecule has 2 bridgehead atoms. The first-order valence-electron chi connectivity index (χ1n) is 5.85. The van der Waals surface area contributed by atoms with Crippen LogP contribution in [0.4, 0.5) is 0 Å². The van der Waals surface area contributed by atoms with Gasteiger partial charge in [-0.3, -0.25) is 20.2 Å². The quantitative estimate of drug-likeness (QED) is 0.353. The first-order valence-corrected chi connectivity index (χ1v) is 5.85. The normalized spacial score (nSPS) is 38.4. The van der Waals surface area contributed by atoms with E-state index in [1.807, 2.05) is 0 Å². The highest BCUT2D eigenvalue weighted by atomic mass is 16.6. The monoisotopic (exact) mass is 258 g/mol. The lowest BCUT2D eigenvalue weighted by molar-refractivity contribution is -0.943. The minimum Gasteiger partial charge on any atom is -0.391 e. The third-order valence-corrected chi connectivity index (χ3v) is 3.91. The molecule has 1 saturated heterocycles. The Bertz CT molecular complexity index is 412. The van der Waals surface area contributed by atoms with Crippen molar-refractivity contribution in [3.8, 4) is 0 Å². The summed E-state index contributed by atoms with van der Waals surface area (Å²) in [5, 5.41) is 31.5. The van der Waals surface area contributed by atoms with Crippen LogP contribution in [0.25, 0.3) is 0 Å². The van der Waals surface area contributed by atoms with Crippen molar-refractivity contribution in [2.45, 2.75) is 23.9 Å². The van der Waals surface area contributed by atoms with Crippen molar-refractivity contribution in [2.24, 2.45) is 0 Å². The summed E-state index contributed by atoms with van der Waals surface area (Å²) in [7, 11) is 0. The second kappa shape index (κ2) is 4.29. The Labute approximate surface area is 103 Å². The Hall–Kier alpha value is -1.54. The van der Waals surface area contributed by atoms with Gasteiger partial charge in [0.1, 0.15) is 19.5 Å². The average molecular weight is 258 g/mol. The fraction of sp³-hybridized carbons (Fsp3) is 0.800. The van der Waals surface area contributed by atoms with Crippen molar-refractivity contribution < 1.29 is 19.9 Å². The third kappa shape index (κ3) is 1.87. The fourth-order valence-electron chi connectivity index (χ4n) is 3.14. The van der Waals surface area contributed by atoms with Crippen LogP contribution in [0.15, 0.2) is 12.2 Å². The number of nitrogens with one attached hydrogen (secondary N) is 1. The lowest BCUT2D eigenvalue weighted by Gasteiger charge is -2.41. The van der Waals surface area contributed by atoms with E-state index in [1.54, 1.807) is 6.08 Å². The number of aliphatic hydroxyl groups is 1. The molecule has 8 heteroatoms. The molecule has 1 aliphatic carbocycles. The second-order valence-corrected chi connectivity index (χ2v) is 5.20. The maximum Gasteiger partial charge on any atom is 0.294 e. The van der Waals surface area contributed by atoms with Gasteiger partial charge in [0, 0.05) is 16.3 Å².